The number of anilines is 3. The molecule has 2 aliphatic rings. The molecule has 0 saturated carbocycles. The van der Waals surface area contributed by atoms with E-state index in [9.17, 15) is 0 Å². The van der Waals surface area contributed by atoms with Crippen molar-refractivity contribution >= 4 is 17.7 Å². The Labute approximate surface area is 148 Å². The van der Waals surface area contributed by atoms with Crippen LogP contribution < -0.4 is 14.7 Å². The largest absolute Gasteiger partial charge is 0.353 e. The predicted molar refractivity (Wildman–Crippen MR) is 99.4 cm³/mol. The van der Waals surface area contributed by atoms with Crippen LogP contribution in [0.1, 0.15) is 24.1 Å². The van der Waals surface area contributed by atoms with E-state index < -0.39 is 0 Å². The molecule has 0 radical (unpaired) electrons. The molecule has 2 aromatic rings. The van der Waals surface area contributed by atoms with Gasteiger partial charge in [-0.2, -0.15) is 4.98 Å². The molecule has 2 fully saturated rings. The summed E-state index contributed by atoms with van der Waals surface area (Å²) in [5, 5.41) is 0. The number of aromatic nitrogens is 4. The maximum atomic E-state index is 4.93. The molecule has 25 heavy (non-hydrogen) atoms. The Hall–Kier alpha value is -2.44. The minimum absolute atomic E-state index is 0.815. The second-order valence-electron chi connectivity index (χ2n) is 6.77. The average Bonchev–Trinajstić information content (AvgIpc) is 3.20. The van der Waals surface area contributed by atoms with Crippen molar-refractivity contribution in [1.29, 1.82) is 0 Å². The molecule has 2 saturated heterocycles. The Bertz CT molecular complexity index is 720. The highest BCUT2D eigenvalue weighted by molar-refractivity contribution is 5.54. The molecule has 7 heteroatoms. The maximum absolute atomic E-state index is 4.93. The zero-order valence-corrected chi connectivity index (χ0v) is 15.0. The zero-order valence-electron chi connectivity index (χ0n) is 15.0. The van der Waals surface area contributed by atoms with Crippen LogP contribution in [0.3, 0.4) is 0 Å². The normalized spacial score (nSPS) is 18.1. The van der Waals surface area contributed by atoms with E-state index in [1.165, 1.54) is 18.4 Å². The third-order valence-electron chi connectivity index (χ3n) is 5.15. The smallest absolute Gasteiger partial charge is 0.227 e. The first-order valence-corrected chi connectivity index (χ1v) is 9.09. The van der Waals surface area contributed by atoms with Crippen molar-refractivity contribution in [2.45, 2.75) is 26.7 Å². The van der Waals surface area contributed by atoms with E-state index in [1.807, 2.05) is 6.07 Å². The second-order valence-corrected chi connectivity index (χ2v) is 6.77. The van der Waals surface area contributed by atoms with E-state index in [0.29, 0.717) is 0 Å². The highest BCUT2D eigenvalue weighted by Gasteiger charge is 2.24. The van der Waals surface area contributed by atoms with Crippen LogP contribution in [-0.4, -0.2) is 59.2 Å². The molecule has 4 rings (SSSR count). The lowest BCUT2D eigenvalue weighted by Crippen LogP contribution is -2.47. The summed E-state index contributed by atoms with van der Waals surface area (Å²) in [5.41, 5.74) is 2.27. The summed E-state index contributed by atoms with van der Waals surface area (Å²) < 4.78 is 0. The van der Waals surface area contributed by atoms with Crippen molar-refractivity contribution in [3.8, 4) is 0 Å². The molecule has 0 aliphatic carbocycles. The lowest BCUT2D eigenvalue weighted by molar-refractivity contribution is 0.631. The molecule has 4 heterocycles. The van der Waals surface area contributed by atoms with E-state index in [-0.39, 0.29) is 0 Å². The van der Waals surface area contributed by atoms with Crippen LogP contribution in [0.25, 0.3) is 0 Å². The molecule has 0 N–H and O–H groups in total. The van der Waals surface area contributed by atoms with E-state index >= 15 is 0 Å². The van der Waals surface area contributed by atoms with Crippen LogP contribution in [0.4, 0.5) is 17.7 Å². The first-order chi connectivity index (χ1) is 12.2. The van der Waals surface area contributed by atoms with E-state index in [0.717, 1.165) is 62.7 Å². The van der Waals surface area contributed by atoms with Gasteiger partial charge in [0.15, 0.2) is 0 Å². The summed E-state index contributed by atoms with van der Waals surface area (Å²) in [6.45, 7) is 10.0. The molecule has 2 aromatic heterocycles. The molecule has 0 amide bonds. The molecule has 0 aromatic carbocycles. The van der Waals surface area contributed by atoms with Crippen molar-refractivity contribution in [2.24, 2.45) is 0 Å². The summed E-state index contributed by atoms with van der Waals surface area (Å²) in [7, 11) is 0. The molecule has 0 bridgehead atoms. The lowest BCUT2D eigenvalue weighted by Gasteiger charge is -2.36. The fourth-order valence-electron chi connectivity index (χ4n) is 3.54. The van der Waals surface area contributed by atoms with Gasteiger partial charge >= 0.3 is 0 Å². The van der Waals surface area contributed by atoms with Gasteiger partial charge in [-0.15, -0.1) is 0 Å². The van der Waals surface area contributed by atoms with Gasteiger partial charge in [0, 0.05) is 62.9 Å². The number of hydrogen-bond donors (Lipinski definition) is 0. The molecule has 2 aliphatic heterocycles. The van der Waals surface area contributed by atoms with Gasteiger partial charge in [-0.05, 0) is 32.8 Å². The van der Waals surface area contributed by atoms with Crippen molar-refractivity contribution in [3.63, 3.8) is 0 Å². The van der Waals surface area contributed by atoms with Gasteiger partial charge in [0.2, 0.25) is 11.9 Å². The minimum atomic E-state index is 0.815. The van der Waals surface area contributed by atoms with Gasteiger partial charge in [-0.3, -0.25) is 0 Å². The van der Waals surface area contributed by atoms with Crippen molar-refractivity contribution in [2.75, 3.05) is 54.0 Å². The predicted octanol–water partition coefficient (Wildman–Crippen LogP) is 1.81. The fourth-order valence-corrected chi connectivity index (χ4v) is 3.54. The Balaban J connectivity index is 1.52. The topological polar surface area (TPSA) is 61.3 Å². The summed E-state index contributed by atoms with van der Waals surface area (Å²) in [4.78, 5) is 25.3. The third kappa shape index (κ3) is 3.23. The van der Waals surface area contributed by atoms with Crippen LogP contribution in [0, 0.1) is 13.8 Å². The molecule has 132 valence electrons. The third-order valence-corrected chi connectivity index (χ3v) is 5.15. The van der Waals surface area contributed by atoms with Gasteiger partial charge in [-0.1, -0.05) is 0 Å². The molecule has 0 unspecified atom stereocenters. The van der Waals surface area contributed by atoms with Gasteiger partial charge in [0.05, 0.1) is 0 Å². The number of hydrogen-bond acceptors (Lipinski definition) is 7. The summed E-state index contributed by atoms with van der Waals surface area (Å²) in [6.07, 6.45) is 6.08. The van der Waals surface area contributed by atoms with Crippen LogP contribution >= 0.6 is 0 Å². The molecular formula is C18H25N7. The van der Waals surface area contributed by atoms with Gasteiger partial charge in [0.1, 0.15) is 5.82 Å². The molecule has 0 spiro atoms. The molecule has 7 nitrogen and oxygen atoms in total. The van der Waals surface area contributed by atoms with E-state index in [2.05, 4.69) is 38.5 Å². The Morgan fingerprint density at radius 3 is 2.00 bits per heavy atom. The van der Waals surface area contributed by atoms with Gasteiger partial charge in [0.25, 0.3) is 0 Å². The fraction of sp³-hybridized carbons (Fsp3) is 0.556. The van der Waals surface area contributed by atoms with Crippen LogP contribution in [0.2, 0.25) is 0 Å². The number of rotatable bonds is 3. The molecule has 0 atom stereocenters. The highest BCUT2D eigenvalue weighted by Crippen LogP contribution is 2.26. The number of nitrogens with zero attached hydrogens (tertiary/aromatic N) is 7. The van der Waals surface area contributed by atoms with Crippen molar-refractivity contribution in [1.82, 2.24) is 19.9 Å². The van der Waals surface area contributed by atoms with Crippen LogP contribution in [0.5, 0.6) is 0 Å². The van der Waals surface area contributed by atoms with E-state index in [1.54, 1.807) is 12.4 Å². The van der Waals surface area contributed by atoms with Crippen molar-refractivity contribution in [3.05, 3.63) is 29.7 Å². The Morgan fingerprint density at radius 2 is 1.32 bits per heavy atom. The van der Waals surface area contributed by atoms with Crippen LogP contribution in [-0.2, 0) is 0 Å². The van der Waals surface area contributed by atoms with Gasteiger partial charge < -0.3 is 14.7 Å². The number of piperazine rings is 1. The quantitative estimate of drug-likeness (QED) is 0.845. The van der Waals surface area contributed by atoms with Crippen molar-refractivity contribution < 1.29 is 0 Å². The first-order valence-electron chi connectivity index (χ1n) is 9.09. The average molecular weight is 339 g/mol. The standard InChI is InChI=1S/C18H25N7/c1-14-15(2)21-18(24-8-3-4-9-24)22-16(14)23-10-12-25(13-11-23)17-19-6-5-7-20-17/h5-7H,3-4,8-13H2,1-2H3. The number of aryl methyl sites for hydroxylation is 1. The van der Waals surface area contributed by atoms with E-state index in [4.69, 9.17) is 9.97 Å². The zero-order chi connectivity index (χ0) is 17.2. The first kappa shape index (κ1) is 16.1. The van der Waals surface area contributed by atoms with Gasteiger partial charge in [-0.25, -0.2) is 15.0 Å². The summed E-state index contributed by atoms with van der Waals surface area (Å²) >= 11 is 0. The Kier molecular flexibility index (Phi) is 4.38. The maximum Gasteiger partial charge on any atom is 0.227 e. The lowest BCUT2D eigenvalue weighted by atomic mass is 10.2. The highest BCUT2D eigenvalue weighted by atomic mass is 15.4. The summed E-state index contributed by atoms with van der Waals surface area (Å²) in [6, 6.07) is 1.85. The minimum Gasteiger partial charge on any atom is -0.353 e. The Morgan fingerprint density at radius 1 is 0.720 bits per heavy atom. The monoisotopic (exact) mass is 339 g/mol. The second kappa shape index (κ2) is 6.82. The molecular weight excluding hydrogens is 314 g/mol. The SMILES string of the molecule is Cc1nc(N2CCCC2)nc(N2CCN(c3ncccn3)CC2)c1C. The van der Waals surface area contributed by atoms with Crippen LogP contribution in [0.15, 0.2) is 18.5 Å². The summed E-state index contributed by atoms with van der Waals surface area (Å²) in [5.74, 6) is 2.79.